The molecule has 2 N–H and O–H groups in total. The molecule has 5 nitrogen and oxygen atoms in total. The Morgan fingerprint density at radius 3 is 3.00 bits per heavy atom. The zero-order valence-corrected chi connectivity index (χ0v) is 9.40. The number of methoxy groups -OCH3 is 1. The van der Waals surface area contributed by atoms with Crippen LogP contribution in [0, 0.1) is 5.92 Å². The standard InChI is InChI=1S/C12H13NO4/c1-17-9-3-2-7-4-8(5-11(14)15)12(16)13-10(7)6-9/h2-3,6,8H,4-5H2,1H3,(H,13,16)(H,14,15). The number of hydrogen-bond acceptors (Lipinski definition) is 3. The highest BCUT2D eigenvalue weighted by Crippen LogP contribution is 2.30. The lowest BCUT2D eigenvalue weighted by molar-refractivity contribution is -0.140. The number of benzene rings is 1. The van der Waals surface area contributed by atoms with Gasteiger partial charge in [0.2, 0.25) is 5.91 Å². The monoisotopic (exact) mass is 235 g/mol. The first-order valence-corrected chi connectivity index (χ1v) is 5.29. The van der Waals surface area contributed by atoms with Crippen molar-refractivity contribution in [3.05, 3.63) is 23.8 Å². The van der Waals surface area contributed by atoms with Crippen molar-refractivity contribution in [3.8, 4) is 5.75 Å². The van der Waals surface area contributed by atoms with Gasteiger partial charge >= 0.3 is 5.97 Å². The predicted molar refractivity (Wildman–Crippen MR) is 61.1 cm³/mol. The molecule has 1 aliphatic heterocycles. The van der Waals surface area contributed by atoms with Crippen molar-refractivity contribution < 1.29 is 19.4 Å². The van der Waals surface area contributed by atoms with Crippen molar-refractivity contribution in [2.24, 2.45) is 5.92 Å². The number of aliphatic carboxylic acids is 1. The summed E-state index contributed by atoms with van der Waals surface area (Å²) in [7, 11) is 1.56. The average molecular weight is 235 g/mol. The predicted octanol–water partition coefficient (Wildman–Crippen LogP) is 1.28. The molecule has 1 atom stereocenters. The van der Waals surface area contributed by atoms with Gasteiger partial charge in [-0.25, -0.2) is 0 Å². The molecule has 1 aliphatic rings. The van der Waals surface area contributed by atoms with E-state index in [1.165, 1.54) is 0 Å². The maximum absolute atomic E-state index is 11.7. The normalized spacial score (nSPS) is 18.2. The molecule has 1 aromatic rings. The Morgan fingerprint density at radius 1 is 1.59 bits per heavy atom. The van der Waals surface area contributed by atoms with E-state index in [-0.39, 0.29) is 12.3 Å². The lowest BCUT2D eigenvalue weighted by Crippen LogP contribution is -2.31. The van der Waals surface area contributed by atoms with Crippen LogP contribution in [0.2, 0.25) is 0 Å². The molecule has 0 aliphatic carbocycles. The fraction of sp³-hybridized carbons (Fsp3) is 0.333. The number of rotatable bonds is 3. The van der Waals surface area contributed by atoms with Gasteiger partial charge in [-0.05, 0) is 18.1 Å². The molecule has 0 bridgehead atoms. The Bertz CT molecular complexity index is 470. The van der Waals surface area contributed by atoms with Gasteiger partial charge in [0.15, 0.2) is 0 Å². The Labute approximate surface area is 98.4 Å². The van der Waals surface area contributed by atoms with E-state index in [1.807, 2.05) is 6.07 Å². The van der Waals surface area contributed by atoms with Crippen molar-refractivity contribution in [1.29, 1.82) is 0 Å². The minimum Gasteiger partial charge on any atom is -0.497 e. The number of anilines is 1. The van der Waals surface area contributed by atoms with E-state index < -0.39 is 11.9 Å². The molecule has 0 fully saturated rings. The van der Waals surface area contributed by atoms with Gasteiger partial charge in [-0.15, -0.1) is 0 Å². The van der Waals surface area contributed by atoms with Gasteiger partial charge in [0, 0.05) is 11.8 Å². The van der Waals surface area contributed by atoms with Crippen molar-refractivity contribution in [2.45, 2.75) is 12.8 Å². The Balaban J connectivity index is 2.23. The highest BCUT2D eigenvalue weighted by molar-refractivity contribution is 5.97. The van der Waals surface area contributed by atoms with Crippen LogP contribution in [0.4, 0.5) is 5.69 Å². The largest absolute Gasteiger partial charge is 0.497 e. The maximum Gasteiger partial charge on any atom is 0.304 e. The lowest BCUT2D eigenvalue weighted by atomic mass is 9.91. The number of hydrogen-bond donors (Lipinski definition) is 2. The number of nitrogens with one attached hydrogen (secondary N) is 1. The van der Waals surface area contributed by atoms with Gasteiger partial charge in [-0.2, -0.15) is 0 Å². The highest BCUT2D eigenvalue weighted by Gasteiger charge is 2.28. The van der Waals surface area contributed by atoms with E-state index in [4.69, 9.17) is 9.84 Å². The van der Waals surface area contributed by atoms with Gasteiger partial charge in [0.1, 0.15) is 5.75 Å². The fourth-order valence-electron chi connectivity index (χ4n) is 1.95. The number of ether oxygens (including phenoxy) is 1. The van der Waals surface area contributed by atoms with Crippen LogP contribution in [0.15, 0.2) is 18.2 Å². The summed E-state index contributed by atoms with van der Waals surface area (Å²) in [6, 6.07) is 5.39. The minimum atomic E-state index is -0.956. The fourth-order valence-corrected chi connectivity index (χ4v) is 1.95. The SMILES string of the molecule is COc1ccc2c(c1)NC(=O)C(CC(=O)O)C2. The number of amides is 1. The van der Waals surface area contributed by atoms with Gasteiger partial charge in [0.05, 0.1) is 19.4 Å². The van der Waals surface area contributed by atoms with E-state index in [9.17, 15) is 9.59 Å². The first kappa shape index (κ1) is 11.4. The van der Waals surface area contributed by atoms with Crippen LogP contribution in [0.1, 0.15) is 12.0 Å². The van der Waals surface area contributed by atoms with Crippen molar-refractivity contribution >= 4 is 17.6 Å². The summed E-state index contributed by atoms with van der Waals surface area (Å²) in [5.74, 6) is -1.02. The summed E-state index contributed by atoms with van der Waals surface area (Å²) in [6.07, 6.45) is 0.314. The summed E-state index contributed by atoms with van der Waals surface area (Å²) in [6.45, 7) is 0. The van der Waals surface area contributed by atoms with E-state index in [1.54, 1.807) is 19.2 Å². The molecular formula is C12H13NO4. The molecule has 0 spiro atoms. The molecule has 90 valence electrons. The second kappa shape index (κ2) is 4.45. The third kappa shape index (κ3) is 2.38. The Morgan fingerprint density at radius 2 is 2.35 bits per heavy atom. The highest BCUT2D eigenvalue weighted by atomic mass is 16.5. The summed E-state index contributed by atoms with van der Waals surface area (Å²) in [4.78, 5) is 22.3. The van der Waals surface area contributed by atoms with Crippen LogP contribution in [0.25, 0.3) is 0 Å². The van der Waals surface area contributed by atoms with Crippen LogP contribution in [0.5, 0.6) is 5.75 Å². The molecular weight excluding hydrogens is 222 g/mol. The molecule has 2 rings (SSSR count). The van der Waals surface area contributed by atoms with Gasteiger partial charge in [-0.1, -0.05) is 6.07 Å². The number of carboxylic acid groups (broad SMARTS) is 1. The third-order valence-corrected chi connectivity index (χ3v) is 2.83. The van der Waals surface area contributed by atoms with Crippen molar-refractivity contribution in [2.75, 3.05) is 12.4 Å². The van der Waals surface area contributed by atoms with Gasteiger partial charge in [-0.3, -0.25) is 9.59 Å². The second-order valence-corrected chi connectivity index (χ2v) is 4.01. The van der Waals surface area contributed by atoms with Crippen molar-refractivity contribution in [1.82, 2.24) is 0 Å². The van der Waals surface area contributed by atoms with E-state index in [0.29, 0.717) is 17.9 Å². The zero-order chi connectivity index (χ0) is 12.4. The lowest BCUT2D eigenvalue weighted by Gasteiger charge is -2.23. The molecule has 1 aromatic carbocycles. The Hall–Kier alpha value is -2.04. The molecule has 0 aromatic heterocycles. The number of fused-ring (bicyclic) bond motifs is 1. The van der Waals surface area contributed by atoms with E-state index in [2.05, 4.69) is 5.32 Å². The van der Waals surface area contributed by atoms with E-state index in [0.717, 1.165) is 5.56 Å². The van der Waals surface area contributed by atoms with Crippen molar-refractivity contribution in [3.63, 3.8) is 0 Å². The summed E-state index contributed by atoms with van der Waals surface area (Å²) in [5, 5.41) is 11.4. The number of carbonyl (C=O) groups is 2. The van der Waals surface area contributed by atoms with Crippen LogP contribution >= 0.6 is 0 Å². The quantitative estimate of drug-likeness (QED) is 0.827. The smallest absolute Gasteiger partial charge is 0.304 e. The molecule has 0 radical (unpaired) electrons. The van der Waals surface area contributed by atoms with Gasteiger partial charge in [0.25, 0.3) is 0 Å². The second-order valence-electron chi connectivity index (χ2n) is 4.01. The van der Waals surface area contributed by atoms with Crippen LogP contribution in [-0.2, 0) is 16.0 Å². The Kier molecular flexibility index (Phi) is 2.99. The molecule has 1 unspecified atom stereocenters. The first-order chi connectivity index (χ1) is 8.10. The average Bonchev–Trinajstić information content (AvgIpc) is 2.29. The molecule has 1 heterocycles. The summed E-state index contributed by atoms with van der Waals surface area (Å²) >= 11 is 0. The minimum absolute atomic E-state index is 0.142. The molecule has 0 saturated carbocycles. The molecule has 1 amide bonds. The van der Waals surface area contributed by atoms with Crippen LogP contribution < -0.4 is 10.1 Å². The summed E-state index contributed by atoms with van der Waals surface area (Å²) in [5.41, 5.74) is 1.65. The van der Waals surface area contributed by atoms with Crippen LogP contribution in [-0.4, -0.2) is 24.1 Å². The number of carbonyl (C=O) groups excluding carboxylic acids is 1. The molecule has 0 saturated heterocycles. The van der Waals surface area contributed by atoms with Gasteiger partial charge < -0.3 is 15.2 Å². The topological polar surface area (TPSA) is 75.6 Å². The zero-order valence-electron chi connectivity index (χ0n) is 9.40. The molecule has 17 heavy (non-hydrogen) atoms. The first-order valence-electron chi connectivity index (χ1n) is 5.29. The molecule has 5 heteroatoms. The van der Waals surface area contributed by atoms with Crippen LogP contribution in [0.3, 0.4) is 0 Å². The third-order valence-electron chi connectivity index (χ3n) is 2.83. The number of carboxylic acids is 1. The van der Waals surface area contributed by atoms with E-state index >= 15 is 0 Å². The maximum atomic E-state index is 11.7. The summed E-state index contributed by atoms with van der Waals surface area (Å²) < 4.78 is 5.06.